The van der Waals surface area contributed by atoms with Gasteiger partial charge >= 0.3 is 0 Å². The van der Waals surface area contributed by atoms with Crippen LogP contribution in [0.5, 0.6) is 0 Å². The summed E-state index contributed by atoms with van der Waals surface area (Å²) in [5, 5.41) is 16.1. The van der Waals surface area contributed by atoms with Gasteiger partial charge in [-0.3, -0.25) is 5.10 Å². The van der Waals surface area contributed by atoms with E-state index in [4.69, 9.17) is 5.11 Å². The predicted molar refractivity (Wildman–Crippen MR) is 63.2 cm³/mol. The van der Waals surface area contributed by atoms with Crippen molar-refractivity contribution < 1.29 is 5.11 Å². The number of aromatic nitrogens is 2. The minimum Gasteiger partial charge on any atom is -0.390 e. The molecule has 2 rings (SSSR count). The molecule has 2 heterocycles. The van der Waals surface area contributed by atoms with E-state index in [2.05, 4.69) is 28.9 Å². The highest BCUT2D eigenvalue weighted by atomic mass is 16.3. The van der Waals surface area contributed by atoms with Crippen LogP contribution in [0.25, 0.3) is 0 Å². The van der Waals surface area contributed by atoms with Gasteiger partial charge in [-0.2, -0.15) is 5.10 Å². The lowest BCUT2D eigenvalue weighted by molar-refractivity contribution is 0.171. The summed E-state index contributed by atoms with van der Waals surface area (Å²) in [5.74, 6) is 0.562. The first-order valence-corrected chi connectivity index (χ1v) is 6.09. The molecule has 0 atom stereocenters. The van der Waals surface area contributed by atoms with Gasteiger partial charge in [0, 0.05) is 12.0 Å². The summed E-state index contributed by atoms with van der Waals surface area (Å²) in [4.78, 5) is 2.51. The lowest BCUT2D eigenvalue weighted by Crippen LogP contribution is -2.37. The third-order valence-corrected chi connectivity index (χ3v) is 3.50. The van der Waals surface area contributed by atoms with Crippen molar-refractivity contribution in [3.63, 3.8) is 0 Å². The second kappa shape index (κ2) is 4.97. The van der Waals surface area contributed by atoms with Gasteiger partial charge in [0.15, 0.2) is 0 Å². The largest absolute Gasteiger partial charge is 0.390 e. The molecule has 1 aromatic rings. The van der Waals surface area contributed by atoms with E-state index in [9.17, 15) is 0 Å². The van der Waals surface area contributed by atoms with E-state index in [1.807, 2.05) is 6.07 Å². The molecule has 1 aliphatic heterocycles. The average Bonchev–Trinajstić information content (AvgIpc) is 2.77. The van der Waals surface area contributed by atoms with Crippen LogP contribution >= 0.6 is 0 Å². The van der Waals surface area contributed by atoms with Crippen molar-refractivity contribution >= 4 is 0 Å². The zero-order valence-corrected chi connectivity index (χ0v) is 10.1. The standard InChI is InChI=1S/C12H21N3O/c1-9(2)15-5-3-10(4-6-15)12-7-11(8-16)13-14-12/h7,9-10,16H,3-6,8H2,1-2H3,(H,13,14). The number of aromatic amines is 1. The fourth-order valence-corrected chi connectivity index (χ4v) is 2.38. The smallest absolute Gasteiger partial charge is 0.0847 e. The summed E-state index contributed by atoms with van der Waals surface area (Å²) in [6.45, 7) is 6.86. The monoisotopic (exact) mass is 223 g/mol. The molecule has 1 aromatic heterocycles. The van der Waals surface area contributed by atoms with E-state index in [1.165, 1.54) is 12.8 Å². The van der Waals surface area contributed by atoms with E-state index in [1.54, 1.807) is 0 Å². The molecule has 1 fully saturated rings. The maximum absolute atomic E-state index is 8.98. The van der Waals surface area contributed by atoms with Crippen LogP contribution < -0.4 is 0 Å². The molecule has 0 aromatic carbocycles. The highest BCUT2D eigenvalue weighted by Gasteiger charge is 2.23. The van der Waals surface area contributed by atoms with Gasteiger partial charge in [-0.15, -0.1) is 0 Å². The van der Waals surface area contributed by atoms with E-state index in [0.717, 1.165) is 24.5 Å². The molecule has 16 heavy (non-hydrogen) atoms. The zero-order valence-electron chi connectivity index (χ0n) is 10.1. The predicted octanol–water partition coefficient (Wildman–Crippen LogP) is 1.49. The molecular weight excluding hydrogens is 202 g/mol. The lowest BCUT2D eigenvalue weighted by atomic mass is 9.93. The number of hydrogen-bond donors (Lipinski definition) is 2. The molecule has 4 heteroatoms. The second-order valence-corrected chi connectivity index (χ2v) is 4.88. The quantitative estimate of drug-likeness (QED) is 0.816. The molecule has 0 unspecified atom stereocenters. The van der Waals surface area contributed by atoms with Crippen LogP contribution in [-0.4, -0.2) is 39.3 Å². The van der Waals surface area contributed by atoms with Gasteiger partial charge in [0.25, 0.3) is 0 Å². The minimum atomic E-state index is 0.0534. The average molecular weight is 223 g/mol. The van der Waals surface area contributed by atoms with Gasteiger partial charge < -0.3 is 10.0 Å². The Labute approximate surface area is 96.7 Å². The van der Waals surface area contributed by atoms with Gasteiger partial charge in [-0.1, -0.05) is 0 Å². The van der Waals surface area contributed by atoms with Crippen molar-refractivity contribution in [2.75, 3.05) is 13.1 Å². The third kappa shape index (κ3) is 2.44. The summed E-state index contributed by atoms with van der Waals surface area (Å²) >= 11 is 0. The summed E-state index contributed by atoms with van der Waals surface area (Å²) in [7, 11) is 0. The second-order valence-electron chi connectivity index (χ2n) is 4.88. The summed E-state index contributed by atoms with van der Waals surface area (Å²) in [6, 6.07) is 2.64. The number of piperidine rings is 1. The molecule has 1 saturated heterocycles. The van der Waals surface area contributed by atoms with Crippen LogP contribution in [0, 0.1) is 0 Å². The number of aliphatic hydroxyl groups excluding tert-OH is 1. The van der Waals surface area contributed by atoms with Gasteiger partial charge in [0.2, 0.25) is 0 Å². The third-order valence-electron chi connectivity index (χ3n) is 3.50. The Kier molecular flexibility index (Phi) is 3.61. The van der Waals surface area contributed by atoms with Crippen molar-refractivity contribution in [3.8, 4) is 0 Å². The number of H-pyrrole nitrogens is 1. The minimum absolute atomic E-state index is 0.0534. The van der Waals surface area contributed by atoms with Crippen LogP contribution in [-0.2, 0) is 6.61 Å². The summed E-state index contributed by atoms with van der Waals surface area (Å²) in [6.07, 6.45) is 2.35. The van der Waals surface area contributed by atoms with Crippen molar-refractivity contribution in [1.29, 1.82) is 0 Å². The maximum Gasteiger partial charge on any atom is 0.0847 e. The molecule has 0 radical (unpaired) electrons. The molecule has 0 saturated carbocycles. The van der Waals surface area contributed by atoms with Gasteiger partial charge in [-0.25, -0.2) is 0 Å². The van der Waals surface area contributed by atoms with Crippen LogP contribution in [0.4, 0.5) is 0 Å². The van der Waals surface area contributed by atoms with E-state index in [0.29, 0.717) is 12.0 Å². The van der Waals surface area contributed by atoms with Crippen LogP contribution in [0.15, 0.2) is 6.07 Å². The first-order valence-electron chi connectivity index (χ1n) is 6.09. The van der Waals surface area contributed by atoms with Crippen molar-refractivity contribution in [2.45, 2.75) is 45.3 Å². The Hall–Kier alpha value is -0.870. The Balaban J connectivity index is 1.93. The molecule has 0 bridgehead atoms. The van der Waals surface area contributed by atoms with Crippen molar-refractivity contribution in [3.05, 3.63) is 17.5 Å². The maximum atomic E-state index is 8.98. The Morgan fingerprint density at radius 3 is 2.69 bits per heavy atom. The Morgan fingerprint density at radius 2 is 2.19 bits per heavy atom. The molecule has 0 spiro atoms. The Morgan fingerprint density at radius 1 is 1.50 bits per heavy atom. The molecule has 4 nitrogen and oxygen atoms in total. The number of nitrogens with zero attached hydrogens (tertiary/aromatic N) is 2. The topological polar surface area (TPSA) is 52.1 Å². The molecular formula is C12H21N3O. The van der Waals surface area contributed by atoms with Crippen LogP contribution in [0.1, 0.15) is 44.0 Å². The number of rotatable bonds is 3. The fourth-order valence-electron chi connectivity index (χ4n) is 2.38. The number of likely N-dealkylation sites (tertiary alicyclic amines) is 1. The molecule has 90 valence electrons. The first kappa shape index (κ1) is 11.6. The van der Waals surface area contributed by atoms with Gasteiger partial charge in [-0.05, 0) is 45.8 Å². The molecule has 0 amide bonds. The van der Waals surface area contributed by atoms with Gasteiger partial charge in [0.1, 0.15) is 0 Å². The van der Waals surface area contributed by atoms with Crippen molar-refractivity contribution in [2.24, 2.45) is 0 Å². The normalized spacial score (nSPS) is 19.5. The molecule has 1 aliphatic rings. The summed E-state index contributed by atoms with van der Waals surface area (Å²) in [5.41, 5.74) is 1.94. The molecule has 2 N–H and O–H groups in total. The summed E-state index contributed by atoms with van der Waals surface area (Å²) < 4.78 is 0. The van der Waals surface area contributed by atoms with E-state index >= 15 is 0 Å². The SMILES string of the molecule is CC(C)N1CCC(c2cc(CO)[nH]n2)CC1. The van der Waals surface area contributed by atoms with E-state index < -0.39 is 0 Å². The number of aliphatic hydroxyl groups is 1. The fraction of sp³-hybridized carbons (Fsp3) is 0.750. The van der Waals surface area contributed by atoms with Crippen LogP contribution in [0.3, 0.4) is 0 Å². The molecule has 0 aliphatic carbocycles. The lowest BCUT2D eigenvalue weighted by Gasteiger charge is -2.33. The number of hydrogen-bond acceptors (Lipinski definition) is 3. The van der Waals surface area contributed by atoms with Crippen molar-refractivity contribution in [1.82, 2.24) is 15.1 Å². The number of nitrogens with one attached hydrogen (secondary N) is 1. The first-order chi connectivity index (χ1) is 7.70. The Bertz CT molecular complexity index is 327. The highest BCUT2D eigenvalue weighted by Crippen LogP contribution is 2.27. The van der Waals surface area contributed by atoms with E-state index in [-0.39, 0.29) is 6.61 Å². The van der Waals surface area contributed by atoms with Gasteiger partial charge in [0.05, 0.1) is 18.0 Å². The van der Waals surface area contributed by atoms with Crippen LogP contribution in [0.2, 0.25) is 0 Å². The highest BCUT2D eigenvalue weighted by molar-refractivity contribution is 5.13. The zero-order chi connectivity index (χ0) is 11.5.